The van der Waals surface area contributed by atoms with Crippen LogP contribution in [0.4, 0.5) is 0 Å². The van der Waals surface area contributed by atoms with E-state index in [-0.39, 0.29) is 19.8 Å². The van der Waals surface area contributed by atoms with Gasteiger partial charge in [0, 0.05) is 0 Å². The van der Waals surface area contributed by atoms with Crippen LogP contribution in [0.5, 0.6) is 0 Å². The maximum Gasteiger partial charge on any atom is 0.345 e. The molecule has 0 aromatic rings. The molecule has 0 aliphatic carbocycles. The third kappa shape index (κ3) is 7.38. The summed E-state index contributed by atoms with van der Waals surface area (Å²) < 4.78 is 33.2. The Hall–Kier alpha value is -0.910. The number of esters is 2. The molecule has 0 aliphatic rings. The van der Waals surface area contributed by atoms with Crippen LogP contribution in [-0.2, 0) is 32.7 Å². The maximum absolute atomic E-state index is 12.8. The molecule has 0 amide bonds. The Morgan fingerprint density at radius 1 is 1.00 bits per heavy atom. The van der Waals surface area contributed by atoms with Gasteiger partial charge in [-0.25, -0.2) is 0 Å². The Labute approximate surface area is 132 Å². The molecule has 130 valence electrons. The van der Waals surface area contributed by atoms with E-state index in [2.05, 4.69) is 0 Å². The molecule has 1 unspecified atom stereocenters. The Morgan fingerprint density at radius 2 is 1.50 bits per heavy atom. The SMILES string of the molecule is CCOC(=O)C(CC(=O)OC(C)(C)C)P(=O)(OCC)OCC. The van der Waals surface area contributed by atoms with E-state index >= 15 is 0 Å². The van der Waals surface area contributed by atoms with Gasteiger partial charge in [0.25, 0.3) is 0 Å². The standard InChI is InChI=1S/C14H27O7P/c1-7-18-13(16)11(10-12(15)21-14(4,5)6)22(17,19-8-2)20-9-3/h11H,7-10H2,1-6H3. The highest BCUT2D eigenvalue weighted by Crippen LogP contribution is 2.54. The number of rotatable bonds is 9. The van der Waals surface area contributed by atoms with E-state index < -0.39 is 37.2 Å². The topological polar surface area (TPSA) is 88.1 Å². The molecule has 8 heteroatoms. The summed E-state index contributed by atoms with van der Waals surface area (Å²) >= 11 is 0. The van der Waals surface area contributed by atoms with E-state index in [9.17, 15) is 14.2 Å². The predicted octanol–water partition coefficient (Wildman–Crippen LogP) is 2.92. The van der Waals surface area contributed by atoms with E-state index in [4.69, 9.17) is 18.5 Å². The summed E-state index contributed by atoms with van der Waals surface area (Å²) in [5, 5.41) is 0. The molecule has 0 saturated carbocycles. The zero-order valence-corrected chi connectivity index (χ0v) is 15.1. The third-order valence-corrected chi connectivity index (χ3v) is 4.73. The zero-order valence-electron chi connectivity index (χ0n) is 14.2. The molecule has 0 aromatic carbocycles. The molecule has 0 bridgehead atoms. The molecule has 0 N–H and O–H groups in total. The van der Waals surface area contributed by atoms with Gasteiger partial charge in [-0.15, -0.1) is 0 Å². The molecule has 0 spiro atoms. The van der Waals surface area contributed by atoms with Crippen LogP contribution in [0.2, 0.25) is 0 Å². The van der Waals surface area contributed by atoms with Crippen LogP contribution in [0, 0.1) is 0 Å². The first-order valence-electron chi connectivity index (χ1n) is 7.36. The van der Waals surface area contributed by atoms with Gasteiger partial charge in [-0.1, -0.05) is 0 Å². The van der Waals surface area contributed by atoms with Gasteiger partial charge in [-0.05, 0) is 41.5 Å². The van der Waals surface area contributed by atoms with Crippen molar-refractivity contribution in [3.8, 4) is 0 Å². The summed E-state index contributed by atoms with van der Waals surface area (Å²) in [7, 11) is -3.81. The Bertz CT molecular complexity index is 404. The van der Waals surface area contributed by atoms with Crippen LogP contribution in [-0.4, -0.2) is 43.0 Å². The molecule has 0 fully saturated rings. The second-order valence-corrected chi connectivity index (χ2v) is 7.65. The molecule has 7 nitrogen and oxygen atoms in total. The minimum atomic E-state index is -3.81. The average molecular weight is 338 g/mol. The quantitative estimate of drug-likeness (QED) is 0.472. The van der Waals surface area contributed by atoms with Gasteiger partial charge >= 0.3 is 19.5 Å². The largest absolute Gasteiger partial charge is 0.465 e. The summed E-state index contributed by atoms with van der Waals surface area (Å²) in [5.41, 5.74) is -2.04. The van der Waals surface area contributed by atoms with Crippen molar-refractivity contribution >= 4 is 19.5 Å². The monoisotopic (exact) mass is 338 g/mol. The fraction of sp³-hybridized carbons (Fsp3) is 0.857. The number of ether oxygens (including phenoxy) is 2. The smallest absolute Gasteiger partial charge is 0.345 e. The lowest BCUT2D eigenvalue weighted by Gasteiger charge is -2.26. The first-order valence-corrected chi connectivity index (χ1v) is 8.98. The minimum Gasteiger partial charge on any atom is -0.465 e. The van der Waals surface area contributed by atoms with Crippen molar-refractivity contribution in [3.63, 3.8) is 0 Å². The zero-order chi connectivity index (χ0) is 17.4. The fourth-order valence-corrected chi connectivity index (χ4v) is 3.54. The van der Waals surface area contributed by atoms with Crippen molar-refractivity contribution < 1.29 is 32.7 Å². The average Bonchev–Trinajstić information content (AvgIpc) is 2.34. The molecule has 0 radical (unpaired) electrons. The first kappa shape index (κ1) is 21.1. The van der Waals surface area contributed by atoms with Crippen LogP contribution in [0.3, 0.4) is 0 Å². The lowest BCUT2D eigenvalue weighted by Crippen LogP contribution is -2.32. The molecule has 0 rings (SSSR count). The van der Waals surface area contributed by atoms with E-state index in [0.717, 1.165) is 0 Å². The van der Waals surface area contributed by atoms with Crippen molar-refractivity contribution in [1.82, 2.24) is 0 Å². The first-order chi connectivity index (χ1) is 10.1. The molecular formula is C14H27O7P. The summed E-state index contributed by atoms with van der Waals surface area (Å²) in [6, 6.07) is 0. The van der Waals surface area contributed by atoms with Gasteiger partial charge in [0.15, 0.2) is 5.66 Å². The van der Waals surface area contributed by atoms with E-state index in [1.54, 1.807) is 41.5 Å². The molecule has 22 heavy (non-hydrogen) atoms. The molecule has 0 aliphatic heterocycles. The second kappa shape index (κ2) is 9.28. The van der Waals surface area contributed by atoms with Crippen molar-refractivity contribution in [3.05, 3.63) is 0 Å². The van der Waals surface area contributed by atoms with Crippen molar-refractivity contribution in [2.24, 2.45) is 0 Å². The minimum absolute atomic E-state index is 0.0848. The van der Waals surface area contributed by atoms with Crippen LogP contribution >= 0.6 is 7.60 Å². The highest BCUT2D eigenvalue weighted by atomic mass is 31.2. The predicted molar refractivity (Wildman–Crippen MR) is 81.7 cm³/mol. The highest BCUT2D eigenvalue weighted by Gasteiger charge is 2.44. The normalized spacial score (nSPS) is 13.5. The number of carbonyl (C=O) groups excluding carboxylic acids is 2. The summed E-state index contributed by atoms with van der Waals surface area (Å²) in [6.07, 6.45) is -0.423. The van der Waals surface area contributed by atoms with Gasteiger partial charge in [-0.3, -0.25) is 14.2 Å². The second-order valence-electron chi connectivity index (χ2n) is 5.43. The van der Waals surface area contributed by atoms with Crippen LogP contribution < -0.4 is 0 Å². The summed E-state index contributed by atoms with van der Waals surface area (Å²) in [5.74, 6) is -1.45. The lowest BCUT2D eigenvalue weighted by molar-refractivity contribution is -0.158. The number of hydrogen-bond donors (Lipinski definition) is 0. The lowest BCUT2D eigenvalue weighted by atomic mass is 10.2. The molecule has 0 saturated heterocycles. The molecule has 0 aromatic heterocycles. The number of carbonyl (C=O) groups is 2. The highest BCUT2D eigenvalue weighted by molar-refractivity contribution is 7.55. The van der Waals surface area contributed by atoms with Gasteiger partial charge in [-0.2, -0.15) is 0 Å². The summed E-state index contributed by atoms with van der Waals surface area (Å²) in [6.45, 7) is 10.3. The number of hydrogen-bond acceptors (Lipinski definition) is 7. The van der Waals surface area contributed by atoms with Gasteiger partial charge in [0.2, 0.25) is 0 Å². The fourth-order valence-electron chi connectivity index (χ4n) is 1.68. The van der Waals surface area contributed by atoms with Crippen molar-refractivity contribution in [2.75, 3.05) is 19.8 Å². The van der Waals surface area contributed by atoms with Crippen LogP contribution in [0.25, 0.3) is 0 Å². The maximum atomic E-state index is 12.8. The molecular weight excluding hydrogens is 311 g/mol. The van der Waals surface area contributed by atoms with Gasteiger partial charge < -0.3 is 18.5 Å². The Balaban J connectivity index is 5.30. The summed E-state index contributed by atoms with van der Waals surface area (Å²) in [4.78, 5) is 24.0. The van der Waals surface area contributed by atoms with Crippen molar-refractivity contribution in [1.29, 1.82) is 0 Å². The van der Waals surface area contributed by atoms with Gasteiger partial charge in [0.1, 0.15) is 5.60 Å². The van der Waals surface area contributed by atoms with Crippen molar-refractivity contribution in [2.45, 2.75) is 59.2 Å². The molecule has 1 atom stereocenters. The molecule has 0 heterocycles. The van der Waals surface area contributed by atoms with E-state index in [1.807, 2.05) is 0 Å². The third-order valence-electron chi connectivity index (χ3n) is 2.34. The Morgan fingerprint density at radius 3 is 1.86 bits per heavy atom. The Kier molecular flexibility index (Phi) is 8.89. The van der Waals surface area contributed by atoms with Gasteiger partial charge in [0.05, 0.1) is 26.2 Å². The van der Waals surface area contributed by atoms with E-state index in [1.165, 1.54) is 0 Å². The van der Waals surface area contributed by atoms with E-state index in [0.29, 0.717) is 0 Å². The van der Waals surface area contributed by atoms with Crippen LogP contribution in [0.1, 0.15) is 48.0 Å². The van der Waals surface area contributed by atoms with Crippen LogP contribution in [0.15, 0.2) is 0 Å².